The van der Waals surface area contributed by atoms with Crippen molar-refractivity contribution in [3.05, 3.63) is 162 Å². The minimum Gasteiger partial charge on any atom is 0 e. The quantitative estimate of drug-likeness (QED) is 0.107. The van der Waals surface area contributed by atoms with Crippen LogP contribution in [0.5, 0.6) is 0 Å². The fourth-order valence-corrected chi connectivity index (χ4v) is 11.8. The zero-order chi connectivity index (χ0) is 43.0. The van der Waals surface area contributed by atoms with E-state index in [1.165, 1.54) is 37.9 Å². The SMILES string of the molecule is CC(C)c1cc(-c2ccccc2)cc(C(C)C)c1-n1c(-c2[c-]cccc2)nc2ccccc21.Cc1cc2oc3c(-c4cc(CC(C)C)[c]([Ge]([CH3])([CH3])[CH3])cn4)[c-]ccc3c2cn1.[Ir]. The maximum absolute atomic E-state index is 6.24. The van der Waals surface area contributed by atoms with Crippen molar-refractivity contribution in [2.75, 3.05) is 0 Å². The molecule has 5 aromatic carbocycles. The van der Waals surface area contributed by atoms with Gasteiger partial charge in [-0.05, 0) is 58.4 Å². The van der Waals surface area contributed by atoms with Crippen LogP contribution < -0.4 is 4.40 Å². The monoisotopic (exact) mass is 1060 g/mol. The molecule has 7 heteroatoms. The first-order valence-electron chi connectivity index (χ1n) is 21.7. The molecule has 0 aliphatic heterocycles. The summed E-state index contributed by atoms with van der Waals surface area (Å²) in [6, 6.07) is 47.0. The second-order valence-electron chi connectivity index (χ2n) is 18.3. The second-order valence-corrected chi connectivity index (χ2v) is 28.9. The van der Waals surface area contributed by atoms with Crippen LogP contribution in [0.4, 0.5) is 0 Å². The zero-order valence-corrected chi connectivity index (χ0v) is 42.1. The predicted molar refractivity (Wildman–Crippen MR) is 259 cm³/mol. The molecule has 1 radical (unpaired) electrons. The molecule has 0 aliphatic rings. The molecule has 0 aliphatic carbocycles. The number of para-hydroxylation sites is 2. The summed E-state index contributed by atoms with van der Waals surface area (Å²) in [5.74, 6) is 9.56. The van der Waals surface area contributed by atoms with E-state index in [0.29, 0.717) is 17.8 Å². The van der Waals surface area contributed by atoms with Gasteiger partial charge in [0.05, 0.1) is 16.9 Å². The fraction of sp³-hybridized carbons (Fsp3) is 0.255. The van der Waals surface area contributed by atoms with Crippen LogP contribution in [0.3, 0.4) is 0 Å². The van der Waals surface area contributed by atoms with Crippen molar-refractivity contribution in [2.24, 2.45) is 5.92 Å². The number of aryl methyl sites for hydroxylation is 1. The molecule has 0 amide bonds. The van der Waals surface area contributed by atoms with Gasteiger partial charge in [-0.15, -0.1) is 35.9 Å². The van der Waals surface area contributed by atoms with Gasteiger partial charge >= 0.3 is 170 Å². The van der Waals surface area contributed by atoms with Crippen molar-refractivity contribution in [1.82, 2.24) is 19.5 Å². The number of imidazole rings is 1. The number of rotatable bonds is 9. The van der Waals surface area contributed by atoms with Gasteiger partial charge < -0.3 is 4.57 Å². The van der Waals surface area contributed by atoms with E-state index in [1.807, 2.05) is 37.4 Å². The van der Waals surface area contributed by atoms with Gasteiger partial charge in [0.25, 0.3) is 0 Å². The molecule has 0 spiro atoms. The fourth-order valence-electron chi connectivity index (χ4n) is 8.42. The van der Waals surface area contributed by atoms with E-state index in [-0.39, 0.29) is 20.1 Å². The molecule has 4 heterocycles. The summed E-state index contributed by atoms with van der Waals surface area (Å²) >= 11 is -1.99. The number of pyridine rings is 2. The summed E-state index contributed by atoms with van der Waals surface area (Å²) in [5.41, 5.74) is 15.6. The molecule has 0 unspecified atom stereocenters. The summed E-state index contributed by atoms with van der Waals surface area (Å²) in [6.45, 7) is 15.7. The smallest absolute Gasteiger partial charge is 0 e. The summed E-state index contributed by atoms with van der Waals surface area (Å²) in [6.07, 6.45) is 5.09. The third-order valence-corrected chi connectivity index (χ3v) is 15.7. The van der Waals surface area contributed by atoms with Crippen LogP contribution >= 0.6 is 0 Å². The van der Waals surface area contributed by atoms with Crippen molar-refractivity contribution in [2.45, 2.75) is 84.0 Å². The Morgan fingerprint density at radius 3 is 2.05 bits per heavy atom. The first-order chi connectivity index (χ1) is 29.3. The predicted octanol–water partition coefficient (Wildman–Crippen LogP) is 14.3. The Balaban J connectivity index is 0.000000186. The Labute approximate surface area is 383 Å². The molecule has 0 saturated heterocycles. The van der Waals surface area contributed by atoms with Crippen LogP contribution in [-0.2, 0) is 26.5 Å². The first kappa shape index (κ1) is 44.9. The van der Waals surface area contributed by atoms with Crippen LogP contribution in [0, 0.1) is 25.0 Å². The molecular weight excluding hydrogens is 997 g/mol. The Morgan fingerprint density at radius 1 is 0.694 bits per heavy atom. The van der Waals surface area contributed by atoms with E-state index in [4.69, 9.17) is 14.4 Å². The summed E-state index contributed by atoms with van der Waals surface area (Å²) in [5, 5.41) is 2.11. The van der Waals surface area contributed by atoms with E-state index in [0.717, 1.165) is 67.7 Å². The number of nitrogens with zero attached hydrogens (tertiary/aromatic N) is 4. The maximum atomic E-state index is 6.24. The number of aromatic nitrogens is 4. The van der Waals surface area contributed by atoms with Crippen molar-refractivity contribution in [1.29, 1.82) is 0 Å². The van der Waals surface area contributed by atoms with E-state index in [9.17, 15) is 0 Å². The van der Waals surface area contributed by atoms with Crippen molar-refractivity contribution in [3.63, 3.8) is 0 Å². The maximum Gasteiger partial charge on any atom is 0 e. The Hall–Kier alpha value is -5.14. The largest absolute Gasteiger partial charge is 0 e. The van der Waals surface area contributed by atoms with Gasteiger partial charge in [-0.25, -0.2) is 0 Å². The van der Waals surface area contributed by atoms with Crippen LogP contribution in [0.15, 0.2) is 132 Å². The topological polar surface area (TPSA) is 56.7 Å². The molecule has 62 heavy (non-hydrogen) atoms. The van der Waals surface area contributed by atoms with Gasteiger partial charge in [-0.2, -0.15) is 0 Å². The van der Waals surface area contributed by atoms with Crippen LogP contribution in [0.25, 0.3) is 72.4 Å². The molecule has 9 aromatic rings. The minimum absolute atomic E-state index is 0. The Morgan fingerprint density at radius 2 is 1.39 bits per heavy atom. The Kier molecular flexibility index (Phi) is 13.5. The second kappa shape index (κ2) is 18.7. The van der Waals surface area contributed by atoms with E-state index < -0.39 is 13.3 Å². The van der Waals surface area contributed by atoms with E-state index >= 15 is 0 Å². The average molecular weight is 1050 g/mol. The molecule has 0 saturated carbocycles. The molecule has 317 valence electrons. The van der Waals surface area contributed by atoms with Gasteiger partial charge in [0.2, 0.25) is 0 Å². The molecule has 0 N–H and O–H groups in total. The standard InChI is InChI=1S/C31H29N2.C24H27GeN2O.Ir/c1-21(2)26-19-25(23-13-7-5-8-14-23)20-27(22(3)4)30(26)33-29-18-12-11-17-28(29)32-31(33)24-15-9-6-10-16-24;1-15(2)10-17-12-22(27-14-21(17)25(4,5)6)19-9-7-8-18-20-13-26-16(3)11-23(20)28-24(18)19;/h5-15,17-22H,1-4H3;7-8,11-15H,10H2,1-6H3;/q2*-1;. The number of hydrogen-bond acceptors (Lipinski definition) is 4. The summed E-state index contributed by atoms with van der Waals surface area (Å²) in [4.78, 5) is 14.4. The molecular formula is C55H56GeIrN4O-2. The number of furan rings is 1. The molecule has 9 rings (SSSR count). The molecule has 0 bridgehead atoms. The third kappa shape index (κ3) is 9.15. The number of hydrogen-bond donors (Lipinski definition) is 0. The van der Waals surface area contributed by atoms with Crippen molar-refractivity contribution >= 4 is 50.6 Å². The summed E-state index contributed by atoms with van der Waals surface area (Å²) in [7, 11) is 0. The number of fused-ring (bicyclic) bond motifs is 4. The van der Waals surface area contributed by atoms with E-state index in [1.54, 1.807) is 0 Å². The third-order valence-electron chi connectivity index (χ3n) is 11.4. The molecule has 0 atom stereocenters. The average Bonchev–Trinajstić information content (AvgIpc) is 3.81. The van der Waals surface area contributed by atoms with Crippen LogP contribution in [0.1, 0.15) is 75.8 Å². The molecule has 5 nitrogen and oxygen atoms in total. The zero-order valence-electron chi connectivity index (χ0n) is 37.6. The first-order valence-corrected chi connectivity index (χ1v) is 29.0. The van der Waals surface area contributed by atoms with Gasteiger partial charge in [-0.3, -0.25) is 4.98 Å². The minimum atomic E-state index is -1.99. The normalized spacial score (nSPS) is 11.8. The van der Waals surface area contributed by atoms with Crippen LogP contribution in [-0.4, -0.2) is 32.8 Å². The van der Waals surface area contributed by atoms with Gasteiger partial charge in [0, 0.05) is 25.8 Å². The molecule has 4 aromatic heterocycles. The summed E-state index contributed by atoms with van der Waals surface area (Å²) < 4.78 is 10.1. The van der Waals surface area contributed by atoms with Crippen molar-refractivity contribution in [3.8, 4) is 39.5 Å². The van der Waals surface area contributed by atoms with Crippen LogP contribution in [0.2, 0.25) is 17.3 Å². The number of benzene rings is 5. The molecule has 0 fully saturated rings. The van der Waals surface area contributed by atoms with Crippen molar-refractivity contribution < 1.29 is 24.5 Å². The van der Waals surface area contributed by atoms with Gasteiger partial charge in [0.1, 0.15) is 0 Å². The van der Waals surface area contributed by atoms with Gasteiger partial charge in [-0.1, -0.05) is 70.2 Å². The van der Waals surface area contributed by atoms with E-state index in [2.05, 4.69) is 178 Å². The Bertz CT molecular complexity index is 2950. The van der Waals surface area contributed by atoms with Gasteiger partial charge in [0.15, 0.2) is 0 Å².